The van der Waals surface area contributed by atoms with Crippen LogP contribution in [0.4, 0.5) is 0 Å². The first kappa shape index (κ1) is 39.7. The van der Waals surface area contributed by atoms with Gasteiger partial charge in [-0.25, -0.2) is 4.79 Å². The summed E-state index contributed by atoms with van der Waals surface area (Å²) < 4.78 is 21.1. The van der Waals surface area contributed by atoms with Crippen molar-refractivity contribution in [3.8, 4) is 5.75 Å². The number of aliphatic carboxylic acids is 1. The second kappa shape index (κ2) is 25.9. The number of methoxy groups -OCH3 is 1. The zero-order valence-electron chi connectivity index (χ0n) is 26.6. The quantitative estimate of drug-likeness (QED) is 0.102. The maximum Gasteiger partial charge on any atom is 0.335 e. The molecule has 0 heterocycles. The highest BCUT2D eigenvalue weighted by atomic mass is 16.5. The van der Waals surface area contributed by atoms with Gasteiger partial charge < -0.3 is 34.5 Å². The zero-order valence-corrected chi connectivity index (χ0v) is 26.6. The number of amides is 1. The standard InChI is InChI=1S/C33H51NO11/c1-42-19-9-11-29(36)25-44-23-22-43-21-18-34-31(37)17-14-27(33(40)41)24-28(35)10-7-5-3-2-4-6-8-20-45-30-15-12-26(13-16-30)32(38)39/h12-13,15-16,27H,2-11,14,17-25H2,1H3,(H,34,37)(H,38,39)(H,40,41)/t27-/m1/s1. The monoisotopic (exact) mass is 637 g/mol. The molecule has 0 aliphatic rings. The van der Waals surface area contributed by atoms with Crippen LogP contribution >= 0.6 is 0 Å². The van der Waals surface area contributed by atoms with E-state index in [1.807, 2.05) is 0 Å². The van der Waals surface area contributed by atoms with Gasteiger partial charge in [-0.3, -0.25) is 19.2 Å². The maximum atomic E-state index is 12.3. The van der Waals surface area contributed by atoms with Crippen LogP contribution in [0.15, 0.2) is 24.3 Å². The Morgan fingerprint density at radius 3 is 2.02 bits per heavy atom. The molecule has 0 aromatic heterocycles. The summed E-state index contributed by atoms with van der Waals surface area (Å²) in [5.74, 6) is -2.65. The van der Waals surface area contributed by atoms with Crippen LogP contribution in [0.5, 0.6) is 5.75 Å². The molecule has 0 saturated carbocycles. The molecule has 1 aromatic carbocycles. The van der Waals surface area contributed by atoms with Gasteiger partial charge in [-0.15, -0.1) is 0 Å². The van der Waals surface area contributed by atoms with Crippen LogP contribution in [-0.4, -0.2) is 92.9 Å². The van der Waals surface area contributed by atoms with Gasteiger partial charge >= 0.3 is 11.9 Å². The smallest absolute Gasteiger partial charge is 0.335 e. The molecule has 1 atom stereocenters. The molecule has 3 N–H and O–H groups in total. The third kappa shape index (κ3) is 21.9. The molecule has 1 aromatic rings. The SMILES string of the molecule is COCCCC(=O)COCCOCCNC(=O)CC[C@H](CC(=O)CCCCCCCCCOc1ccc(C(=O)O)cc1)C(=O)O. The van der Waals surface area contributed by atoms with Gasteiger partial charge in [0.1, 0.15) is 18.1 Å². The van der Waals surface area contributed by atoms with Crippen molar-refractivity contribution < 1.29 is 53.1 Å². The molecule has 0 unspecified atom stereocenters. The number of carbonyl (C=O) groups excluding carboxylic acids is 3. The number of rotatable bonds is 30. The van der Waals surface area contributed by atoms with E-state index >= 15 is 0 Å². The highest BCUT2D eigenvalue weighted by molar-refractivity contribution is 5.87. The summed E-state index contributed by atoms with van der Waals surface area (Å²) in [5, 5.41) is 21.1. The minimum atomic E-state index is -1.07. The molecule has 0 radical (unpaired) electrons. The number of carboxylic acids is 2. The number of carbonyl (C=O) groups is 5. The van der Waals surface area contributed by atoms with Crippen molar-refractivity contribution in [1.82, 2.24) is 5.32 Å². The van der Waals surface area contributed by atoms with Crippen LogP contribution in [0.3, 0.4) is 0 Å². The van der Waals surface area contributed by atoms with Crippen molar-refractivity contribution in [3.63, 3.8) is 0 Å². The molecule has 1 rings (SSSR count). The Morgan fingerprint density at radius 1 is 0.711 bits per heavy atom. The van der Waals surface area contributed by atoms with Crippen LogP contribution in [0.1, 0.15) is 93.8 Å². The second-order valence-electron chi connectivity index (χ2n) is 10.9. The summed E-state index contributed by atoms with van der Waals surface area (Å²) in [4.78, 5) is 58.5. The topological polar surface area (TPSA) is 175 Å². The average Bonchev–Trinajstić information content (AvgIpc) is 3.01. The number of carboxylic acid groups (broad SMARTS) is 2. The Bertz CT molecular complexity index is 997. The lowest BCUT2D eigenvalue weighted by atomic mass is 9.94. The Labute approximate surface area is 266 Å². The van der Waals surface area contributed by atoms with E-state index in [0.29, 0.717) is 38.2 Å². The maximum absolute atomic E-state index is 12.3. The highest BCUT2D eigenvalue weighted by Crippen LogP contribution is 2.17. The molecule has 0 bridgehead atoms. The van der Waals surface area contributed by atoms with Crippen molar-refractivity contribution in [1.29, 1.82) is 0 Å². The normalized spacial score (nSPS) is 11.6. The summed E-state index contributed by atoms with van der Waals surface area (Å²) >= 11 is 0. The Balaban J connectivity index is 2.01. The van der Waals surface area contributed by atoms with E-state index in [0.717, 1.165) is 44.9 Å². The first-order chi connectivity index (χ1) is 21.7. The van der Waals surface area contributed by atoms with Crippen LogP contribution in [0, 0.1) is 5.92 Å². The minimum Gasteiger partial charge on any atom is -0.494 e. The van der Waals surface area contributed by atoms with Crippen molar-refractivity contribution in [2.45, 2.75) is 83.5 Å². The molecule has 0 aliphatic carbocycles. The summed E-state index contributed by atoms with van der Waals surface area (Å²) in [6, 6.07) is 6.34. The Morgan fingerprint density at radius 2 is 1.36 bits per heavy atom. The van der Waals surface area contributed by atoms with E-state index in [1.54, 1.807) is 19.2 Å². The number of nitrogens with one attached hydrogen (secondary N) is 1. The van der Waals surface area contributed by atoms with Crippen LogP contribution < -0.4 is 10.1 Å². The predicted octanol–water partition coefficient (Wildman–Crippen LogP) is 4.47. The molecule has 254 valence electrons. The summed E-state index contributed by atoms with van der Waals surface area (Å²) in [5.41, 5.74) is 0.227. The number of Topliss-reactive ketones (excluding diaryl/α,β-unsaturated/α-hetero) is 2. The van der Waals surface area contributed by atoms with E-state index in [1.165, 1.54) is 12.1 Å². The molecule has 12 nitrogen and oxygen atoms in total. The molecule has 0 spiro atoms. The van der Waals surface area contributed by atoms with Gasteiger partial charge in [0.25, 0.3) is 0 Å². The van der Waals surface area contributed by atoms with Gasteiger partial charge in [-0.05, 0) is 49.9 Å². The fraction of sp³-hybridized carbons (Fsp3) is 0.667. The van der Waals surface area contributed by atoms with Crippen LogP contribution in [0.25, 0.3) is 0 Å². The molecule has 0 fully saturated rings. The van der Waals surface area contributed by atoms with Gasteiger partial charge in [0.05, 0.1) is 37.9 Å². The Kier molecular flexibility index (Phi) is 22.9. The second-order valence-corrected chi connectivity index (χ2v) is 10.9. The minimum absolute atomic E-state index is 0.00785. The van der Waals surface area contributed by atoms with Crippen molar-refractivity contribution in [3.05, 3.63) is 29.8 Å². The van der Waals surface area contributed by atoms with Crippen molar-refractivity contribution in [2.75, 3.05) is 53.3 Å². The first-order valence-corrected chi connectivity index (χ1v) is 15.9. The summed E-state index contributed by atoms with van der Waals surface area (Å²) in [7, 11) is 1.59. The molecular formula is C33H51NO11. The summed E-state index contributed by atoms with van der Waals surface area (Å²) in [6.45, 7) is 2.23. The number of aromatic carboxylic acids is 1. The van der Waals surface area contributed by atoms with Crippen molar-refractivity contribution >= 4 is 29.4 Å². The van der Waals surface area contributed by atoms with E-state index in [-0.39, 0.29) is 75.3 Å². The van der Waals surface area contributed by atoms with Gasteiger partial charge in [0, 0.05) is 45.9 Å². The number of ketones is 2. The van der Waals surface area contributed by atoms with Gasteiger partial charge in [-0.1, -0.05) is 32.1 Å². The van der Waals surface area contributed by atoms with E-state index in [2.05, 4.69) is 5.32 Å². The third-order valence-electron chi connectivity index (χ3n) is 7.02. The predicted molar refractivity (Wildman–Crippen MR) is 167 cm³/mol. The Hall–Kier alpha value is -3.35. The number of hydrogen-bond donors (Lipinski definition) is 3. The van der Waals surface area contributed by atoms with Crippen molar-refractivity contribution in [2.24, 2.45) is 5.92 Å². The zero-order chi connectivity index (χ0) is 33.1. The first-order valence-electron chi connectivity index (χ1n) is 15.9. The van der Waals surface area contributed by atoms with Gasteiger partial charge in [0.2, 0.25) is 5.91 Å². The van der Waals surface area contributed by atoms with E-state index < -0.39 is 17.9 Å². The molecular weight excluding hydrogens is 586 g/mol. The van der Waals surface area contributed by atoms with E-state index in [9.17, 15) is 29.1 Å². The van der Waals surface area contributed by atoms with E-state index in [4.69, 9.17) is 24.1 Å². The average molecular weight is 638 g/mol. The van der Waals surface area contributed by atoms with Crippen LogP contribution in [0.2, 0.25) is 0 Å². The highest BCUT2D eigenvalue weighted by Gasteiger charge is 2.22. The van der Waals surface area contributed by atoms with Crippen LogP contribution in [-0.2, 0) is 33.4 Å². The molecule has 0 saturated heterocycles. The summed E-state index contributed by atoms with van der Waals surface area (Å²) in [6.07, 6.45) is 8.09. The number of hydrogen-bond acceptors (Lipinski definition) is 9. The lowest BCUT2D eigenvalue weighted by Gasteiger charge is -2.12. The fourth-order valence-corrected chi connectivity index (χ4v) is 4.43. The largest absolute Gasteiger partial charge is 0.494 e. The van der Waals surface area contributed by atoms with Gasteiger partial charge in [-0.2, -0.15) is 0 Å². The number of benzene rings is 1. The molecule has 45 heavy (non-hydrogen) atoms. The molecule has 12 heteroatoms. The number of ether oxygens (including phenoxy) is 4. The third-order valence-corrected chi connectivity index (χ3v) is 7.02. The molecule has 0 aliphatic heterocycles. The number of unbranched alkanes of at least 4 members (excludes halogenated alkanes) is 6. The fourth-order valence-electron chi connectivity index (χ4n) is 4.43. The lowest BCUT2D eigenvalue weighted by Crippen LogP contribution is -2.29. The lowest BCUT2D eigenvalue weighted by molar-refractivity contribution is -0.144. The molecule has 1 amide bonds. The van der Waals surface area contributed by atoms with Gasteiger partial charge in [0.15, 0.2) is 5.78 Å².